The smallest absolute Gasteiger partial charge is 0.412 e. The molecular formula is C26H35N7O3. The third kappa shape index (κ3) is 4.65. The number of carbonyl (C=O) groups excluding carboxylic acids is 1. The molecule has 4 heterocycles. The van der Waals surface area contributed by atoms with E-state index in [1.807, 2.05) is 43.5 Å². The maximum atomic E-state index is 12.3. The number of fused-ring (bicyclic) bond motifs is 2. The lowest BCUT2D eigenvalue weighted by atomic mass is 9.89. The van der Waals surface area contributed by atoms with Crippen LogP contribution in [-0.2, 0) is 4.74 Å². The molecule has 10 heteroatoms. The Morgan fingerprint density at radius 3 is 2.69 bits per heavy atom. The maximum absolute atomic E-state index is 12.3. The molecule has 1 amide bonds. The number of nitrogens with two attached hydrogens (primary N) is 1. The Labute approximate surface area is 211 Å². The summed E-state index contributed by atoms with van der Waals surface area (Å²) in [6, 6.07) is 7.76. The molecule has 3 N–H and O–H groups in total. The summed E-state index contributed by atoms with van der Waals surface area (Å²) in [5.41, 5.74) is 8.86. The van der Waals surface area contributed by atoms with Gasteiger partial charge in [0.1, 0.15) is 29.0 Å². The molecule has 5 rings (SSSR count). The summed E-state index contributed by atoms with van der Waals surface area (Å²) in [7, 11) is 3.77. The van der Waals surface area contributed by atoms with Crippen LogP contribution in [0.3, 0.4) is 0 Å². The molecule has 192 valence electrons. The van der Waals surface area contributed by atoms with E-state index < -0.39 is 11.7 Å². The zero-order valence-corrected chi connectivity index (χ0v) is 21.6. The van der Waals surface area contributed by atoms with Gasteiger partial charge in [0.25, 0.3) is 0 Å². The molecule has 36 heavy (non-hydrogen) atoms. The van der Waals surface area contributed by atoms with E-state index in [0.29, 0.717) is 29.1 Å². The molecule has 2 fully saturated rings. The summed E-state index contributed by atoms with van der Waals surface area (Å²) >= 11 is 0. The van der Waals surface area contributed by atoms with E-state index in [1.54, 1.807) is 7.11 Å². The van der Waals surface area contributed by atoms with Gasteiger partial charge in [-0.25, -0.2) is 14.3 Å². The van der Waals surface area contributed by atoms with Crippen LogP contribution in [0.2, 0.25) is 0 Å². The monoisotopic (exact) mass is 493 g/mol. The van der Waals surface area contributed by atoms with Gasteiger partial charge in [-0.05, 0) is 76.4 Å². The summed E-state index contributed by atoms with van der Waals surface area (Å²) in [4.78, 5) is 21.4. The largest absolute Gasteiger partial charge is 0.495 e. The molecule has 0 bridgehead atoms. The Bertz CT molecular complexity index is 1280. The number of likely N-dealkylation sites (tertiary alicyclic amines) is 1. The van der Waals surface area contributed by atoms with Crippen LogP contribution in [0.1, 0.15) is 27.2 Å². The molecule has 0 saturated carbocycles. The Hall–Kier alpha value is -3.53. The topological polar surface area (TPSA) is 110 Å². The third-order valence-corrected chi connectivity index (χ3v) is 7.04. The number of nitrogens with one attached hydrogen (secondary N) is 1. The number of piperidine rings is 1. The highest BCUT2D eigenvalue weighted by Crippen LogP contribution is 2.40. The molecule has 2 aromatic heterocycles. The fraction of sp³-hybridized carbons (Fsp3) is 0.500. The molecule has 10 nitrogen and oxygen atoms in total. The first kappa shape index (κ1) is 24.2. The van der Waals surface area contributed by atoms with E-state index in [1.165, 1.54) is 12.7 Å². The molecule has 2 aliphatic heterocycles. The van der Waals surface area contributed by atoms with Crippen molar-refractivity contribution in [1.82, 2.24) is 19.5 Å². The third-order valence-electron chi connectivity index (χ3n) is 7.04. The van der Waals surface area contributed by atoms with Gasteiger partial charge in [0, 0.05) is 25.2 Å². The van der Waals surface area contributed by atoms with Crippen LogP contribution in [0.4, 0.5) is 22.1 Å². The van der Waals surface area contributed by atoms with Gasteiger partial charge in [0.05, 0.1) is 12.8 Å². The fourth-order valence-electron chi connectivity index (χ4n) is 5.41. The SMILES string of the molecule is COc1cc(-c2cc(N3C[C@H]4CN(C)CC[C@H]4C3)n3ncnc(N)c23)ccc1NC(=O)OC(C)(C)C. The van der Waals surface area contributed by atoms with Crippen molar-refractivity contribution in [2.24, 2.45) is 11.8 Å². The maximum Gasteiger partial charge on any atom is 0.412 e. The normalized spacial score (nSPS) is 20.4. The number of methoxy groups -OCH3 is 1. The minimum Gasteiger partial charge on any atom is -0.495 e. The van der Waals surface area contributed by atoms with Crippen molar-refractivity contribution in [1.29, 1.82) is 0 Å². The van der Waals surface area contributed by atoms with Crippen LogP contribution in [0.25, 0.3) is 16.6 Å². The lowest BCUT2D eigenvalue weighted by Gasteiger charge is -2.31. The number of carbonyl (C=O) groups is 1. The van der Waals surface area contributed by atoms with Crippen molar-refractivity contribution in [3.05, 3.63) is 30.6 Å². The van der Waals surface area contributed by atoms with E-state index in [2.05, 4.69) is 38.3 Å². The van der Waals surface area contributed by atoms with Crippen LogP contribution >= 0.6 is 0 Å². The zero-order chi connectivity index (χ0) is 25.6. The molecule has 2 aliphatic rings. The number of hydrogen-bond donors (Lipinski definition) is 2. The Morgan fingerprint density at radius 2 is 1.94 bits per heavy atom. The quantitative estimate of drug-likeness (QED) is 0.566. The van der Waals surface area contributed by atoms with Crippen molar-refractivity contribution >= 4 is 28.9 Å². The minimum absolute atomic E-state index is 0.414. The minimum atomic E-state index is -0.598. The van der Waals surface area contributed by atoms with Gasteiger partial charge >= 0.3 is 6.09 Å². The van der Waals surface area contributed by atoms with Gasteiger partial charge in [-0.3, -0.25) is 5.32 Å². The summed E-state index contributed by atoms with van der Waals surface area (Å²) in [5, 5.41) is 7.34. The van der Waals surface area contributed by atoms with Crippen LogP contribution in [0.15, 0.2) is 30.6 Å². The number of hydrogen-bond acceptors (Lipinski definition) is 8. The van der Waals surface area contributed by atoms with E-state index in [9.17, 15) is 4.79 Å². The van der Waals surface area contributed by atoms with Gasteiger partial charge in [-0.15, -0.1) is 0 Å². The van der Waals surface area contributed by atoms with E-state index >= 15 is 0 Å². The predicted molar refractivity (Wildman–Crippen MR) is 141 cm³/mol. The molecule has 0 radical (unpaired) electrons. The second-order valence-corrected chi connectivity index (χ2v) is 10.8. The van der Waals surface area contributed by atoms with Crippen LogP contribution < -0.4 is 20.7 Å². The average Bonchev–Trinajstić information content (AvgIpc) is 3.40. The average molecular weight is 494 g/mol. The number of nitrogen functional groups attached to an aromatic ring is 1. The summed E-state index contributed by atoms with van der Waals surface area (Å²) in [6.45, 7) is 9.74. The van der Waals surface area contributed by atoms with Gasteiger partial charge in [-0.2, -0.15) is 5.10 Å². The summed E-state index contributed by atoms with van der Waals surface area (Å²) in [6.07, 6.45) is 2.18. The summed E-state index contributed by atoms with van der Waals surface area (Å²) in [5.74, 6) is 3.28. The predicted octanol–water partition coefficient (Wildman–Crippen LogP) is 3.72. The fourth-order valence-corrected chi connectivity index (χ4v) is 5.41. The van der Waals surface area contributed by atoms with Crippen molar-refractivity contribution in [3.63, 3.8) is 0 Å². The Morgan fingerprint density at radius 1 is 1.17 bits per heavy atom. The van der Waals surface area contributed by atoms with Gasteiger partial charge < -0.3 is 25.0 Å². The highest BCUT2D eigenvalue weighted by Gasteiger charge is 2.37. The van der Waals surface area contributed by atoms with Gasteiger partial charge in [0.15, 0.2) is 5.82 Å². The Balaban J connectivity index is 1.50. The number of aromatic nitrogens is 3. The number of rotatable bonds is 4. The van der Waals surface area contributed by atoms with Crippen LogP contribution in [0.5, 0.6) is 5.75 Å². The van der Waals surface area contributed by atoms with E-state index in [-0.39, 0.29) is 0 Å². The summed E-state index contributed by atoms with van der Waals surface area (Å²) < 4.78 is 12.9. The molecule has 2 atom stereocenters. The number of benzene rings is 1. The van der Waals surface area contributed by atoms with Crippen LogP contribution in [-0.4, -0.2) is 71.5 Å². The molecule has 1 aromatic carbocycles. The number of anilines is 3. The number of ether oxygens (including phenoxy) is 2. The van der Waals surface area contributed by atoms with Crippen molar-refractivity contribution < 1.29 is 14.3 Å². The van der Waals surface area contributed by atoms with E-state index in [0.717, 1.165) is 48.6 Å². The van der Waals surface area contributed by atoms with Crippen molar-refractivity contribution in [2.45, 2.75) is 32.8 Å². The highest BCUT2D eigenvalue weighted by molar-refractivity contribution is 5.93. The van der Waals surface area contributed by atoms with Crippen molar-refractivity contribution in [2.75, 3.05) is 56.3 Å². The molecule has 3 aromatic rings. The highest BCUT2D eigenvalue weighted by atomic mass is 16.6. The first-order valence-electron chi connectivity index (χ1n) is 12.4. The second kappa shape index (κ2) is 9.16. The molecule has 0 aliphatic carbocycles. The number of nitrogens with zero attached hydrogens (tertiary/aromatic N) is 5. The van der Waals surface area contributed by atoms with Crippen LogP contribution in [0, 0.1) is 11.8 Å². The Kier molecular flexibility index (Phi) is 6.15. The zero-order valence-electron chi connectivity index (χ0n) is 21.6. The van der Waals surface area contributed by atoms with E-state index in [4.69, 9.17) is 15.2 Å². The second-order valence-electron chi connectivity index (χ2n) is 10.8. The first-order chi connectivity index (χ1) is 17.1. The molecular weight excluding hydrogens is 458 g/mol. The van der Waals surface area contributed by atoms with Gasteiger partial charge in [-0.1, -0.05) is 6.07 Å². The molecule has 0 spiro atoms. The van der Waals surface area contributed by atoms with Crippen molar-refractivity contribution in [3.8, 4) is 16.9 Å². The molecule has 0 unspecified atom stereocenters. The number of amides is 1. The first-order valence-corrected chi connectivity index (χ1v) is 12.4. The van der Waals surface area contributed by atoms with Gasteiger partial charge in [0.2, 0.25) is 0 Å². The lowest BCUT2D eigenvalue weighted by Crippen LogP contribution is -2.37. The lowest BCUT2D eigenvalue weighted by molar-refractivity contribution is 0.0635. The standard InChI is InChI=1S/C26H35N7O3/c1-26(2,3)36-25(34)30-20-7-6-16(10-21(20)35-5)19-11-22(33-23(19)24(27)28-15-29-33)32-13-17-8-9-31(4)12-18(17)14-32/h6-7,10-11,15,17-18H,8-9,12-14H2,1-5H3,(H,30,34)(H2,27,28,29)/t17-,18+/m0/s1. The molecule has 2 saturated heterocycles.